The van der Waals surface area contributed by atoms with Crippen LogP contribution in [0.15, 0.2) is 48.5 Å². The molecule has 2 aliphatic heterocycles. The standard InChI is InChI=1S/C22H27FN2/c1-16-5-3-6-17(13-16)14-22(2)15-20-21(7-4-12-24-20)25(22)19-10-8-18(23)9-11-19/h3,5-6,8-11,13,20-21,24H,4,7,12,14-15H2,1-2H3/t20-,21-,22+/m0/s1. The Morgan fingerprint density at radius 2 is 2.00 bits per heavy atom. The van der Waals surface area contributed by atoms with E-state index in [0.717, 1.165) is 25.1 Å². The van der Waals surface area contributed by atoms with Gasteiger partial charge in [-0.2, -0.15) is 0 Å². The second-order valence-electron chi connectivity index (χ2n) is 7.98. The molecule has 0 bridgehead atoms. The number of hydrogen-bond acceptors (Lipinski definition) is 2. The second kappa shape index (κ2) is 6.45. The number of nitrogens with zero attached hydrogens (tertiary/aromatic N) is 1. The maximum atomic E-state index is 13.5. The number of rotatable bonds is 3. The average Bonchev–Trinajstić information content (AvgIpc) is 2.87. The molecule has 2 heterocycles. The molecule has 132 valence electrons. The van der Waals surface area contributed by atoms with Gasteiger partial charge in [0.25, 0.3) is 0 Å². The van der Waals surface area contributed by atoms with E-state index in [4.69, 9.17) is 0 Å². The molecule has 3 heteroatoms. The fourth-order valence-corrected chi connectivity index (χ4v) is 4.95. The Bertz CT molecular complexity index is 742. The van der Waals surface area contributed by atoms with Crippen molar-refractivity contribution in [1.82, 2.24) is 5.32 Å². The van der Waals surface area contributed by atoms with Gasteiger partial charge in [-0.1, -0.05) is 29.8 Å². The minimum Gasteiger partial charge on any atom is -0.361 e. The van der Waals surface area contributed by atoms with E-state index in [2.05, 4.69) is 48.3 Å². The van der Waals surface area contributed by atoms with Gasteiger partial charge in [0.1, 0.15) is 5.82 Å². The highest BCUT2D eigenvalue weighted by Gasteiger charge is 2.49. The van der Waals surface area contributed by atoms with Crippen molar-refractivity contribution >= 4 is 5.69 Å². The fourth-order valence-electron chi connectivity index (χ4n) is 4.95. The summed E-state index contributed by atoms with van der Waals surface area (Å²) >= 11 is 0. The first-order chi connectivity index (χ1) is 12.0. The number of piperidine rings is 1. The van der Waals surface area contributed by atoms with Crippen molar-refractivity contribution in [3.63, 3.8) is 0 Å². The molecule has 0 radical (unpaired) electrons. The number of hydrogen-bond donors (Lipinski definition) is 1. The summed E-state index contributed by atoms with van der Waals surface area (Å²) < 4.78 is 13.5. The van der Waals surface area contributed by atoms with Gasteiger partial charge in [-0.3, -0.25) is 0 Å². The molecule has 0 saturated carbocycles. The largest absolute Gasteiger partial charge is 0.361 e. The lowest BCUT2D eigenvalue weighted by atomic mass is 9.88. The molecule has 1 N–H and O–H groups in total. The van der Waals surface area contributed by atoms with Crippen molar-refractivity contribution in [3.8, 4) is 0 Å². The molecule has 0 amide bonds. The van der Waals surface area contributed by atoms with Crippen LogP contribution >= 0.6 is 0 Å². The van der Waals surface area contributed by atoms with Crippen LogP contribution in [-0.2, 0) is 6.42 Å². The third-order valence-electron chi connectivity index (χ3n) is 5.89. The number of halogens is 1. The summed E-state index contributed by atoms with van der Waals surface area (Å²) in [6, 6.07) is 16.9. The molecule has 2 aromatic rings. The van der Waals surface area contributed by atoms with Crippen LogP contribution in [0.1, 0.15) is 37.3 Å². The zero-order valence-electron chi connectivity index (χ0n) is 15.1. The van der Waals surface area contributed by atoms with Crippen molar-refractivity contribution in [2.24, 2.45) is 0 Å². The lowest BCUT2D eigenvalue weighted by molar-refractivity contribution is 0.381. The van der Waals surface area contributed by atoms with Crippen molar-refractivity contribution in [3.05, 3.63) is 65.5 Å². The summed E-state index contributed by atoms with van der Waals surface area (Å²) in [5.74, 6) is -0.165. The fraction of sp³-hybridized carbons (Fsp3) is 0.455. The zero-order chi connectivity index (χ0) is 17.4. The zero-order valence-corrected chi connectivity index (χ0v) is 15.1. The van der Waals surface area contributed by atoms with Gasteiger partial charge in [-0.25, -0.2) is 4.39 Å². The van der Waals surface area contributed by atoms with Crippen LogP contribution in [0.2, 0.25) is 0 Å². The normalized spacial score (nSPS) is 28.8. The van der Waals surface area contributed by atoms with Crippen LogP contribution in [0.3, 0.4) is 0 Å². The summed E-state index contributed by atoms with van der Waals surface area (Å²) in [6.45, 7) is 5.64. The minimum atomic E-state index is -0.165. The molecule has 2 fully saturated rings. The molecule has 2 nitrogen and oxygen atoms in total. The van der Waals surface area contributed by atoms with E-state index >= 15 is 0 Å². The molecule has 0 spiro atoms. The molecule has 2 saturated heterocycles. The van der Waals surface area contributed by atoms with Crippen LogP contribution in [0.25, 0.3) is 0 Å². The van der Waals surface area contributed by atoms with Gasteiger partial charge >= 0.3 is 0 Å². The second-order valence-corrected chi connectivity index (χ2v) is 7.98. The molecule has 2 aliphatic rings. The number of nitrogens with one attached hydrogen (secondary N) is 1. The first kappa shape index (κ1) is 16.6. The highest BCUT2D eigenvalue weighted by Crippen LogP contribution is 2.43. The molecule has 25 heavy (non-hydrogen) atoms. The smallest absolute Gasteiger partial charge is 0.123 e. The topological polar surface area (TPSA) is 15.3 Å². The molecule has 2 aromatic carbocycles. The summed E-state index contributed by atoms with van der Waals surface area (Å²) in [5, 5.41) is 3.73. The van der Waals surface area contributed by atoms with Crippen LogP contribution in [0.5, 0.6) is 0 Å². The predicted molar refractivity (Wildman–Crippen MR) is 102 cm³/mol. The predicted octanol–water partition coefficient (Wildman–Crippen LogP) is 4.47. The molecule has 0 aliphatic carbocycles. The third-order valence-corrected chi connectivity index (χ3v) is 5.89. The van der Waals surface area contributed by atoms with Gasteiger partial charge in [0, 0.05) is 23.3 Å². The summed E-state index contributed by atoms with van der Waals surface area (Å²) in [4.78, 5) is 2.58. The van der Waals surface area contributed by atoms with E-state index in [1.54, 1.807) is 12.1 Å². The quantitative estimate of drug-likeness (QED) is 0.888. The monoisotopic (exact) mass is 338 g/mol. The maximum Gasteiger partial charge on any atom is 0.123 e. The van der Waals surface area contributed by atoms with Gasteiger partial charge in [0.05, 0.1) is 0 Å². The van der Waals surface area contributed by atoms with Gasteiger partial charge < -0.3 is 10.2 Å². The Hall–Kier alpha value is -1.87. The van der Waals surface area contributed by atoms with E-state index in [0.29, 0.717) is 12.1 Å². The van der Waals surface area contributed by atoms with E-state index < -0.39 is 0 Å². The van der Waals surface area contributed by atoms with Crippen LogP contribution in [0, 0.1) is 12.7 Å². The lowest BCUT2D eigenvalue weighted by Crippen LogP contribution is -2.50. The maximum absolute atomic E-state index is 13.5. The first-order valence-corrected chi connectivity index (χ1v) is 9.39. The third kappa shape index (κ3) is 3.18. The molecular weight excluding hydrogens is 311 g/mol. The van der Waals surface area contributed by atoms with Crippen molar-refractivity contribution < 1.29 is 4.39 Å². The van der Waals surface area contributed by atoms with E-state index in [9.17, 15) is 4.39 Å². The molecule has 3 atom stereocenters. The van der Waals surface area contributed by atoms with E-state index in [-0.39, 0.29) is 11.4 Å². The summed E-state index contributed by atoms with van der Waals surface area (Å²) in [5.41, 5.74) is 3.88. The number of fused-ring (bicyclic) bond motifs is 1. The highest BCUT2D eigenvalue weighted by atomic mass is 19.1. The number of aryl methyl sites for hydroxylation is 1. The van der Waals surface area contributed by atoms with Crippen LogP contribution in [-0.4, -0.2) is 24.2 Å². The number of anilines is 1. The van der Waals surface area contributed by atoms with Gasteiger partial charge in [-0.15, -0.1) is 0 Å². The Morgan fingerprint density at radius 3 is 2.76 bits per heavy atom. The minimum absolute atomic E-state index is 0.0400. The van der Waals surface area contributed by atoms with Crippen molar-refractivity contribution in [2.45, 2.75) is 57.2 Å². The Balaban J connectivity index is 1.71. The van der Waals surface area contributed by atoms with E-state index in [1.807, 2.05) is 12.1 Å². The first-order valence-electron chi connectivity index (χ1n) is 9.39. The molecule has 4 rings (SSSR count). The SMILES string of the molecule is Cc1cccc(C[C@]2(C)C[C@@H]3NCCC[C@@H]3N2c2ccc(F)cc2)c1. The Kier molecular flexibility index (Phi) is 4.28. The Morgan fingerprint density at radius 1 is 1.20 bits per heavy atom. The summed E-state index contributed by atoms with van der Waals surface area (Å²) in [7, 11) is 0. The Labute approximate surface area is 150 Å². The van der Waals surface area contributed by atoms with E-state index in [1.165, 1.54) is 24.0 Å². The van der Waals surface area contributed by atoms with Crippen molar-refractivity contribution in [2.75, 3.05) is 11.4 Å². The average molecular weight is 338 g/mol. The van der Waals surface area contributed by atoms with Gasteiger partial charge in [-0.05, 0) is 75.9 Å². The molecular formula is C22H27FN2. The van der Waals surface area contributed by atoms with Crippen molar-refractivity contribution in [1.29, 1.82) is 0 Å². The van der Waals surface area contributed by atoms with Crippen LogP contribution < -0.4 is 10.2 Å². The van der Waals surface area contributed by atoms with Gasteiger partial charge in [0.15, 0.2) is 0 Å². The highest BCUT2D eigenvalue weighted by molar-refractivity contribution is 5.53. The van der Waals surface area contributed by atoms with Gasteiger partial charge in [0.2, 0.25) is 0 Å². The van der Waals surface area contributed by atoms with Crippen LogP contribution in [0.4, 0.5) is 10.1 Å². The summed E-state index contributed by atoms with van der Waals surface area (Å²) in [6.07, 6.45) is 4.56. The molecule has 0 aromatic heterocycles. The molecule has 0 unspecified atom stereocenters. The number of benzene rings is 2. The lowest BCUT2D eigenvalue weighted by Gasteiger charge is -2.42.